The first-order chi connectivity index (χ1) is 17.3. The summed E-state index contributed by atoms with van der Waals surface area (Å²) in [5, 5.41) is 3.26. The first kappa shape index (κ1) is 25.8. The van der Waals surface area contributed by atoms with Crippen molar-refractivity contribution >= 4 is 44.8 Å². The van der Waals surface area contributed by atoms with E-state index in [1.165, 1.54) is 18.2 Å². The number of nitrogens with zero attached hydrogens (tertiary/aromatic N) is 1. The van der Waals surface area contributed by atoms with Crippen molar-refractivity contribution in [1.29, 1.82) is 0 Å². The number of nitrogens with one attached hydrogen (secondary N) is 1. The Morgan fingerprint density at radius 1 is 0.833 bits per heavy atom. The summed E-state index contributed by atoms with van der Waals surface area (Å²) in [5.74, 6) is -0.498. The Labute approximate surface area is 221 Å². The van der Waals surface area contributed by atoms with Gasteiger partial charge in [-0.05, 0) is 47.9 Å². The van der Waals surface area contributed by atoms with Gasteiger partial charge in [0.2, 0.25) is 5.91 Å². The normalized spacial score (nSPS) is 12.1. The minimum Gasteiger partial charge on any atom is -0.344 e. The molecule has 8 heteroatoms. The summed E-state index contributed by atoms with van der Waals surface area (Å²) in [6, 6.07) is 29.4. The van der Waals surface area contributed by atoms with Crippen molar-refractivity contribution in [2.75, 3.05) is 10.8 Å². The molecule has 0 aliphatic rings. The van der Waals surface area contributed by atoms with Gasteiger partial charge in [0.15, 0.2) is 0 Å². The maximum absolute atomic E-state index is 13.7. The molecule has 4 aromatic rings. The summed E-state index contributed by atoms with van der Waals surface area (Å²) in [6.07, 6.45) is 0. The number of hydrogen-bond donors (Lipinski definition) is 1. The maximum atomic E-state index is 13.7. The lowest BCUT2D eigenvalue weighted by atomic mass is 9.95. The van der Waals surface area contributed by atoms with E-state index in [4.69, 9.17) is 23.2 Å². The number of amides is 1. The third-order valence-electron chi connectivity index (χ3n) is 5.76. The lowest BCUT2D eigenvalue weighted by Crippen LogP contribution is -2.42. The van der Waals surface area contributed by atoms with E-state index in [1.54, 1.807) is 30.3 Å². The Morgan fingerprint density at radius 3 is 2.11 bits per heavy atom. The van der Waals surface area contributed by atoms with Crippen LogP contribution in [0.25, 0.3) is 0 Å². The fourth-order valence-electron chi connectivity index (χ4n) is 3.94. The van der Waals surface area contributed by atoms with Crippen molar-refractivity contribution in [1.82, 2.24) is 5.32 Å². The molecule has 0 heterocycles. The van der Waals surface area contributed by atoms with Crippen LogP contribution >= 0.6 is 23.2 Å². The van der Waals surface area contributed by atoms with Crippen molar-refractivity contribution in [3.63, 3.8) is 0 Å². The molecule has 4 aromatic carbocycles. The Kier molecular flexibility index (Phi) is 7.99. The minimum atomic E-state index is -4.13. The zero-order valence-corrected chi connectivity index (χ0v) is 21.8. The van der Waals surface area contributed by atoms with Crippen LogP contribution < -0.4 is 9.62 Å². The van der Waals surface area contributed by atoms with Crippen LogP contribution in [0.3, 0.4) is 0 Å². The monoisotopic (exact) mass is 538 g/mol. The van der Waals surface area contributed by atoms with Crippen LogP contribution in [-0.4, -0.2) is 20.9 Å². The van der Waals surface area contributed by atoms with E-state index in [2.05, 4.69) is 5.32 Å². The van der Waals surface area contributed by atoms with Gasteiger partial charge in [0.25, 0.3) is 10.0 Å². The number of anilines is 1. The molecule has 184 valence electrons. The SMILES string of the molecule is Cc1ccccc1[C@@H](NC(=O)CN(c1cccc(Cl)c1Cl)S(=O)(=O)c1ccccc1)c1ccccc1. The van der Waals surface area contributed by atoms with E-state index in [0.717, 1.165) is 21.0 Å². The Hall–Kier alpha value is -3.32. The number of carbonyl (C=O) groups is 1. The first-order valence-corrected chi connectivity index (χ1v) is 13.4. The van der Waals surface area contributed by atoms with Gasteiger partial charge in [0, 0.05) is 0 Å². The average Bonchev–Trinajstić information content (AvgIpc) is 2.89. The summed E-state index contributed by atoms with van der Waals surface area (Å²) < 4.78 is 28.3. The van der Waals surface area contributed by atoms with Crippen LogP contribution in [0.4, 0.5) is 5.69 Å². The molecule has 0 aliphatic heterocycles. The summed E-state index contributed by atoms with van der Waals surface area (Å²) >= 11 is 12.6. The molecule has 5 nitrogen and oxygen atoms in total. The van der Waals surface area contributed by atoms with E-state index < -0.39 is 28.5 Å². The van der Waals surface area contributed by atoms with Crippen LogP contribution in [0.1, 0.15) is 22.7 Å². The average molecular weight is 539 g/mol. The van der Waals surface area contributed by atoms with Crippen molar-refractivity contribution in [3.05, 3.63) is 130 Å². The predicted octanol–water partition coefficient (Wildman–Crippen LogP) is 6.40. The number of sulfonamides is 1. The van der Waals surface area contributed by atoms with Gasteiger partial charge >= 0.3 is 0 Å². The largest absolute Gasteiger partial charge is 0.344 e. The third-order valence-corrected chi connectivity index (χ3v) is 8.34. The molecule has 0 spiro atoms. The summed E-state index contributed by atoms with van der Waals surface area (Å²) in [7, 11) is -4.13. The fraction of sp³-hybridized carbons (Fsp3) is 0.107. The number of aryl methyl sites for hydroxylation is 1. The molecular formula is C28H24Cl2N2O3S. The summed E-state index contributed by atoms with van der Waals surface area (Å²) in [4.78, 5) is 13.5. The zero-order valence-electron chi connectivity index (χ0n) is 19.4. The molecule has 0 radical (unpaired) electrons. The van der Waals surface area contributed by atoms with Gasteiger partial charge in [0.1, 0.15) is 6.54 Å². The first-order valence-electron chi connectivity index (χ1n) is 11.2. The van der Waals surface area contributed by atoms with Crippen LogP contribution in [0, 0.1) is 6.92 Å². The van der Waals surface area contributed by atoms with Gasteiger partial charge in [0.05, 0.1) is 26.7 Å². The van der Waals surface area contributed by atoms with Crippen LogP contribution in [-0.2, 0) is 14.8 Å². The Morgan fingerprint density at radius 2 is 1.44 bits per heavy atom. The third kappa shape index (κ3) is 5.57. The highest BCUT2D eigenvalue weighted by Gasteiger charge is 2.30. The van der Waals surface area contributed by atoms with E-state index in [-0.39, 0.29) is 20.6 Å². The lowest BCUT2D eigenvalue weighted by molar-refractivity contribution is -0.120. The van der Waals surface area contributed by atoms with Crippen molar-refractivity contribution in [2.45, 2.75) is 17.9 Å². The van der Waals surface area contributed by atoms with Crippen molar-refractivity contribution < 1.29 is 13.2 Å². The van der Waals surface area contributed by atoms with E-state index >= 15 is 0 Å². The van der Waals surface area contributed by atoms with Crippen LogP contribution in [0.15, 0.2) is 108 Å². The molecule has 0 saturated heterocycles. The molecule has 36 heavy (non-hydrogen) atoms. The second-order valence-electron chi connectivity index (χ2n) is 8.17. The topological polar surface area (TPSA) is 66.5 Å². The maximum Gasteiger partial charge on any atom is 0.264 e. The second-order valence-corrected chi connectivity index (χ2v) is 10.8. The van der Waals surface area contributed by atoms with Gasteiger partial charge in [-0.2, -0.15) is 0 Å². The van der Waals surface area contributed by atoms with Gasteiger partial charge in [-0.1, -0.05) is 102 Å². The minimum absolute atomic E-state index is 0.0346. The summed E-state index contributed by atoms with van der Waals surface area (Å²) in [6.45, 7) is 1.47. The Balaban J connectivity index is 1.73. The molecular weight excluding hydrogens is 515 g/mol. The standard InChI is InChI=1S/C28H24Cl2N2O3S/c1-20-11-8-9-16-23(20)28(21-12-4-2-5-13-21)31-26(33)19-32(25-18-10-17-24(29)27(25)30)36(34,35)22-14-6-3-7-15-22/h2-18,28H,19H2,1H3,(H,31,33)/t28-/m0/s1. The van der Waals surface area contributed by atoms with Gasteiger partial charge in [-0.25, -0.2) is 8.42 Å². The highest BCUT2D eigenvalue weighted by molar-refractivity contribution is 7.92. The smallest absolute Gasteiger partial charge is 0.264 e. The van der Waals surface area contributed by atoms with E-state index in [1.807, 2.05) is 61.5 Å². The molecule has 0 fully saturated rings. The lowest BCUT2D eigenvalue weighted by Gasteiger charge is -2.27. The quantitative estimate of drug-likeness (QED) is 0.282. The van der Waals surface area contributed by atoms with Crippen molar-refractivity contribution in [3.8, 4) is 0 Å². The number of benzene rings is 4. The highest BCUT2D eigenvalue weighted by Crippen LogP contribution is 2.35. The molecule has 1 N–H and O–H groups in total. The van der Waals surface area contributed by atoms with Gasteiger partial charge in [-0.3, -0.25) is 9.10 Å². The number of hydrogen-bond acceptors (Lipinski definition) is 3. The molecule has 0 unspecified atom stereocenters. The molecule has 0 saturated carbocycles. The Bertz CT molecular complexity index is 1460. The van der Waals surface area contributed by atoms with Gasteiger partial charge < -0.3 is 5.32 Å². The number of rotatable bonds is 8. The molecule has 1 atom stereocenters. The number of carbonyl (C=O) groups excluding carboxylic acids is 1. The summed E-state index contributed by atoms with van der Waals surface area (Å²) in [5.41, 5.74) is 2.90. The fourth-order valence-corrected chi connectivity index (χ4v) is 5.84. The van der Waals surface area contributed by atoms with Gasteiger partial charge in [-0.15, -0.1) is 0 Å². The van der Waals surface area contributed by atoms with E-state index in [9.17, 15) is 13.2 Å². The molecule has 1 amide bonds. The molecule has 0 aliphatic carbocycles. The molecule has 0 aromatic heterocycles. The van der Waals surface area contributed by atoms with Crippen LogP contribution in [0.5, 0.6) is 0 Å². The molecule has 0 bridgehead atoms. The van der Waals surface area contributed by atoms with E-state index in [0.29, 0.717) is 0 Å². The highest BCUT2D eigenvalue weighted by atomic mass is 35.5. The van der Waals surface area contributed by atoms with Crippen LogP contribution in [0.2, 0.25) is 10.0 Å². The number of halogens is 2. The zero-order chi connectivity index (χ0) is 25.7. The van der Waals surface area contributed by atoms with Crippen molar-refractivity contribution in [2.24, 2.45) is 0 Å². The molecule has 4 rings (SSSR count). The second kappa shape index (κ2) is 11.2. The predicted molar refractivity (Wildman–Crippen MR) is 145 cm³/mol.